The Labute approximate surface area is 118 Å². The molecule has 0 bridgehead atoms. The van der Waals surface area contributed by atoms with Crippen molar-refractivity contribution in [2.24, 2.45) is 0 Å². The zero-order chi connectivity index (χ0) is 13.9. The van der Waals surface area contributed by atoms with Crippen LogP contribution in [0.4, 0.5) is 0 Å². The van der Waals surface area contributed by atoms with Crippen molar-refractivity contribution in [1.29, 1.82) is 0 Å². The summed E-state index contributed by atoms with van der Waals surface area (Å²) in [6, 6.07) is 1.72. The van der Waals surface area contributed by atoms with Gasteiger partial charge in [0.15, 0.2) is 0 Å². The second-order valence-corrected chi connectivity index (χ2v) is 7.78. The van der Waals surface area contributed by atoms with Gasteiger partial charge in [-0.05, 0) is 32.9 Å². The summed E-state index contributed by atoms with van der Waals surface area (Å²) in [6.45, 7) is 3.72. The summed E-state index contributed by atoms with van der Waals surface area (Å²) in [5.41, 5.74) is -0.498. The molecular weight excluding hydrogens is 284 g/mol. The molecular formula is C12H20N2O3S2. The highest BCUT2D eigenvalue weighted by Crippen LogP contribution is 2.24. The van der Waals surface area contributed by atoms with E-state index in [9.17, 15) is 8.42 Å². The van der Waals surface area contributed by atoms with Gasteiger partial charge in [-0.3, -0.25) is 0 Å². The van der Waals surface area contributed by atoms with Crippen LogP contribution in [0.1, 0.15) is 24.6 Å². The first-order valence-corrected chi connectivity index (χ1v) is 8.65. The first kappa shape index (κ1) is 14.9. The molecule has 2 rings (SSSR count). The largest absolute Gasteiger partial charge is 0.380 e. The molecule has 1 unspecified atom stereocenters. The first-order chi connectivity index (χ1) is 8.95. The minimum absolute atomic E-state index is 0.342. The third kappa shape index (κ3) is 3.76. The highest BCUT2D eigenvalue weighted by molar-refractivity contribution is 7.89. The van der Waals surface area contributed by atoms with E-state index in [1.807, 2.05) is 14.0 Å². The average molecular weight is 304 g/mol. The van der Waals surface area contributed by atoms with Crippen molar-refractivity contribution in [3.63, 3.8) is 0 Å². The molecule has 1 aliphatic rings. The van der Waals surface area contributed by atoms with Crippen LogP contribution in [0.3, 0.4) is 0 Å². The van der Waals surface area contributed by atoms with Gasteiger partial charge in [0.2, 0.25) is 10.0 Å². The molecule has 1 atom stereocenters. The Bertz CT molecular complexity index is 519. The molecule has 1 saturated heterocycles. The quantitative estimate of drug-likeness (QED) is 0.861. The maximum Gasteiger partial charge on any atom is 0.241 e. The molecule has 0 radical (unpaired) electrons. The number of hydrogen-bond acceptors (Lipinski definition) is 5. The maximum atomic E-state index is 12.3. The fourth-order valence-electron chi connectivity index (χ4n) is 2.17. The highest BCUT2D eigenvalue weighted by atomic mass is 32.2. The Balaban J connectivity index is 2.12. The SMILES string of the molecule is CNCc1cc(S(=O)(=O)NC2(C)CCCOC2)cs1. The number of thiophene rings is 1. The van der Waals surface area contributed by atoms with Crippen LogP contribution in [0.5, 0.6) is 0 Å². The van der Waals surface area contributed by atoms with Crippen molar-refractivity contribution in [2.45, 2.75) is 36.7 Å². The lowest BCUT2D eigenvalue weighted by Gasteiger charge is -2.33. The van der Waals surface area contributed by atoms with Crippen LogP contribution in [-0.4, -0.2) is 34.2 Å². The third-order valence-corrected chi connectivity index (χ3v) is 5.81. The smallest absolute Gasteiger partial charge is 0.241 e. The molecule has 1 aliphatic heterocycles. The van der Waals surface area contributed by atoms with E-state index in [-0.39, 0.29) is 0 Å². The molecule has 5 nitrogen and oxygen atoms in total. The number of sulfonamides is 1. The second-order valence-electron chi connectivity index (χ2n) is 5.10. The van der Waals surface area contributed by atoms with E-state index in [0.29, 0.717) is 24.7 Å². The van der Waals surface area contributed by atoms with Gasteiger partial charge in [-0.1, -0.05) is 0 Å². The molecule has 0 spiro atoms. The molecule has 108 valence electrons. The predicted molar refractivity (Wildman–Crippen MR) is 75.9 cm³/mol. The highest BCUT2D eigenvalue weighted by Gasteiger charge is 2.33. The number of rotatable bonds is 5. The van der Waals surface area contributed by atoms with E-state index in [4.69, 9.17) is 4.74 Å². The standard InChI is InChI=1S/C12H20N2O3S2/c1-12(4-3-5-17-9-12)14-19(15,16)11-6-10(7-13-2)18-8-11/h6,8,13-14H,3-5,7,9H2,1-2H3. The molecule has 1 fully saturated rings. The lowest BCUT2D eigenvalue weighted by Crippen LogP contribution is -2.51. The molecule has 0 saturated carbocycles. The lowest BCUT2D eigenvalue weighted by atomic mass is 9.97. The minimum Gasteiger partial charge on any atom is -0.380 e. The lowest BCUT2D eigenvalue weighted by molar-refractivity contribution is 0.0386. The molecule has 0 aliphatic carbocycles. The van der Waals surface area contributed by atoms with E-state index in [1.54, 1.807) is 11.4 Å². The Morgan fingerprint density at radius 1 is 1.53 bits per heavy atom. The first-order valence-electron chi connectivity index (χ1n) is 6.29. The molecule has 19 heavy (non-hydrogen) atoms. The topological polar surface area (TPSA) is 67.4 Å². The third-order valence-electron chi connectivity index (χ3n) is 3.11. The summed E-state index contributed by atoms with van der Waals surface area (Å²) < 4.78 is 32.8. The van der Waals surface area contributed by atoms with Gasteiger partial charge >= 0.3 is 0 Å². The van der Waals surface area contributed by atoms with Crippen LogP contribution >= 0.6 is 11.3 Å². The summed E-state index contributed by atoms with van der Waals surface area (Å²) in [7, 11) is -1.62. The van der Waals surface area contributed by atoms with E-state index in [0.717, 1.165) is 17.7 Å². The van der Waals surface area contributed by atoms with Crippen LogP contribution in [0.25, 0.3) is 0 Å². The molecule has 0 aromatic carbocycles. The number of ether oxygens (including phenoxy) is 1. The van der Waals surface area contributed by atoms with Crippen LogP contribution in [0, 0.1) is 0 Å². The minimum atomic E-state index is -3.46. The van der Waals surface area contributed by atoms with E-state index in [2.05, 4.69) is 10.0 Å². The molecule has 2 heterocycles. The van der Waals surface area contributed by atoms with Gasteiger partial charge in [-0.2, -0.15) is 0 Å². The Kier molecular flexibility index (Phi) is 4.62. The van der Waals surface area contributed by atoms with Gasteiger partial charge in [0, 0.05) is 23.4 Å². The van der Waals surface area contributed by atoms with Crippen LogP contribution in [0.15, 0.2) is 16.3 Å². The molecule has 0 amide bonds. The van der Waals surface area contributed by atoms with E-state index < -0.39 is 15.6 Å². The van der Waals surface area contributed by atoms with Crippen molar-refractivity contribution in [2.75, 3.05) is 20.3 Å². The molecule has 1 aromatic rings. The molecule has 7 heteroatoms. The van der Waals surface area contributed by atoms with Gasteiger partial charge in [0.25, 0.3) is 0 Å². The summed E-state index contributed by atoms with van der Waals surface area (Å²) >= 11 is 1.45. The monoisotopic (exact) mass is 304 g/mol. The van der Waals surface area contributed by atoms with Crippen LogP contribution in [0.2, 0.25) is 0 Å². The fraction of sp³-hybridized carbons (Fsp3) is 0.667. The van der Waals surface area contributed by atoms with Crippen molar-refractivity contribution in [3.05, 3.63) is 16.3 Å². The van der Waals surface area contributed by atoms with Gasteiger partial charge in [-0.15, -0.1) is 11.3 Å². The van der Waals surface area contributed by atoms with E-state index in [1.165, 1.54) is 11.3 Å². The maximum absolute atomic E-state index is 12.3. The zero-order valence-corrected chi connectivity index (χ0v) is 12.9. The Hall–Kier alpha value is -0.470. The van der Waals surface area contributed by atoms with Crippen molar-refractivity contribution in [3.8, 4) is 0 Å². The molecule has 1 aromatic heterocycles. The van der Waals surface area contributed by atoms with Gasteiger partial charge in [0.05, 0.1) is 17.0 Å². The second kappa shape index (κ2) is 5.88. The summed E-state index contributed by atoms with van der Waals surface area (Å²) in [4.78, 5) is 1.35. The van der Waals surface area contributed by atoms with Crippen molar-refractivity contribution < 1.29 is 13.2 Å². The zero-order valence-electron chi connectivity index (χ0n) is 11.2. The van der Waals surface area contributed by atoms with Crippen LogP contribution < -0.4 is 10.0 Å². The summed E-state index contributed by atoms with van der Waals surface area (Å²) in [5.74, 6) is 0. The predicted octanol–water partition coefficient (Wildman–Crippen LogP) is 1.31. The van der Waals surface area contributed by atoms with E-state index >= 15 is 0 Å². The van der Waals surface area contributed by atoms with Gasteiger partial charge in [-0.25, -0.2) is 13.1 Å². The average Bonchev–Trinajstić information content (AvgIpc) is 2.78. The fourth-order valence-corrected chi connectivity index (χ4v) is 4.88. The van der Waals surface area contributed by atoms with Gasteiger partial charge in [0.1, 0.15) is 0 Å². The molecule has 2 N–H and O–H groups in total. The van der Waals surface area contributed by atoms with Crippen LogP contribution in [-0.2, 0) is 21.3 Å². The number of hydrogen-bond donors (Lipinski definition) is 2. The summed E-state index contributed by atoms with van der Waals surface area (Å²) in [6.07, 6.45) is 1.69. The Morgan fingerprint density at radius 2 is 2.32 bits per heavy atom. The Morgan fingerprint density at radius 3 is 2.95 bits per heavy atom. The van der Waals surface area contributed by atoms with Crippen molar-refractivity contribution >= 4 is 21.4 Å². The summed E-state index contributed by atoms with van der Waals surface area (Å²) in [5, 5.41) is 4.70. The van der Waals surface area contributed by atoms with Gasteiger partial charge < -0.3 is 10.1 Å². The number of nitrogens with one attached hydrogen (secondary N) is 2. The van der Waals surface area contributed by atoms with Crippen molar-refractivity contribution in [1.82, 2.24) is 10.0 Å². The normalized spacial score (nSPS) is 24.5.